The lowest BCUT2D eigenvalue weighted by Gasteiger charge is -2.13. The van der Waals surface area contributed by atoms with Crippen LogP contribution in [0.3, 0.4) is 0 Å². The van der Waals surface area contributed by atoms with Gasteiger partial charge in [0.2, 0.25) is 0 Å². The van der Waals surface area contributed by atoms with E-state index in [4.69, 9.17) is 12.2 Å². The lowest BCUT2D eigenvalue weighted by molar-refractivity contribution is 0.660. The van der Waals surface area contributed by atoms with Crippen molar-refractivity contribution in [1.29, 1.82) is 0 Å². The second-order valence-corrected chi connectivity index (χ2v) is 3.26. The van der Waals surface area contributed by atoms with Crippen LogP contribution in [0.4, 0.5) is 0 Å². The molecule has 0 spiro atoms. The highest BCUT2D eigenvalue weighted by Gasteiger charge is 2.09. The Balaban J connectivity index is 2.58. The molecule has 1 aromatic rings. The minimum Gasteiger partial charge on any atom is -0.349 e. The average molecular weight is 166 g/mol. The predicted octanol–water partition coefficient (Wildman–Crippen LogP) is 2.02. The second-order valence-electron chi connectivity index (χ2n) is 2.87. The largest absolute Gasteiger partial charge is 0.349 e. The molecule has 0 bridgehead atoms. The molecule has 58 valence electrons. The number of hydrogen-bond acceptors (Lipinski definition) is 2. The molecule has 0 aliphatic heterocycles. The number of fused-ring (bicyclic) bond motifs is 1. The Morgan fingerprint density at radius 3 is 3.00 bits per heavy atom. The topological polar surface area (TPSA) is 28.7 Å². The van der Waals surface area contributed by atoms with Crippen LogP contribution in [0.5, 0.6) is 0 Å². The van der Waals surface area contributed by atoms with Crippen molar-refractivity contribution in [3.8, 4) is 0 Å². The predicted molar refractivity (Wildman–Crippen MR) is 46.1 cm³/mol. The number of H-pyrrole nitrogens is 1. The monoisotopic (exact) mass is 166 g/mol. The summed E-state index contributed by atoms with van der Waals surface area (Å²) < 4.78 is 0.790. The van der Waals surface area contributed by atoms with Crippen LogP contribution in [0.2, 0.25) is 0 Å². The molecule has 11 heavy (non-hydrogen) atoms. The van der Waals surface area contributed by atoms with E-state index in [2.05, 4.69) is 9.97 Å². The van der Waals surface area contributed by atoms with Crippen LogP contribution in [0.15, 0.2) is 6.33 Å². The summed E-state index contributed by atoms with van der Waals surface area (Å²) in [4.78, 5) is 7.20. The molecule has 1 aliphatic carbocycles. The Morgan fingerprint density at radius 1 is 1.36 bits per heavy atom. The summed E-state index contributed by atoms with van der Waals surface area (Å²) in [5, 5.41) is 0. The van der Waals surface area contributed by atoms with Crippen LogP contribution in [-0.2, 0) is 12.8 Å². The van der Waals surface area contributed by atoms with Crippen LogP contribution in [-0.4, -0.2) is 9.97 Å². The molecule has 2 rings (SSSR count). The van der Waals surface area contributed by atoms with E-state index < -0.39 is 0 Å². The zero-order valence-corrected chi connectivity index (χ0v) is 7.08. The van der Waals surface area contributed by atoms with Crippen molar-refractivity contribution in [2.24, 2.45) is 0 Å². The smallest absolute Gasteiger partial charge is 0.132 e. The van der Waals surface area contributed by atoms with Crippen LogP contribution < -0.4 is 0 Å². The molecule has 0 fully saturated rings. The first kappa shape index (κ1) is 6.98. The molecule has 0 aromatic carbocycles. The normalized spacial score (nSPS) is 16.0. The molecular weight excluding hydrogens is 156 g/mol. The van der Waals surface area contributed by atoms with Gasteiger partial charge in [0, 0.05) is 11.3 Å². The lowest BCUT2D eigenvalue weighted by atomic mass is 9.98. The molecule has 1 aliphatic rings. The number of rotatable bonds is 0. The zero-order valence-electron chi connectivity index (χ0n) is 6.26. The molecule has 1 aromatic heterocycles. The molecule has 0 saturated carbocycles. The van der Waals surface area contributed by atoms with E-state index in [0.717, 1.165) is 17.5 Å². The van der Waals surface area contributed by atoms with Gasteiger partial charge < -0.3 is 4.98 Å². The number of aryl methyl sites for hydroxylation is 1. The van der Waals surface area contributed by atoms with Crippen molar-refractivity contribution in [3.63, 3.8) is 0 Å². The Labute approximate surface area is 70.7 Å². The van der Waals surface area contributed by atoms with E-state index in [1.165, 1.54) is 24.1 Å². The Morgan fingerprint density at radius 2 is 2.18 bits per heavy atom. The minimum atomic E-state index is 0.790. The third-order valence-electron chi connectivity index (χ3n) is 2.15. The second kappa shape index (κ2) is 2.74. The van der Waals surface area contributed by atoms with E-state index in [1.807, 2.05) is 0 Å². The van der Waals surface area contributed by atoms with E-state index in [1.54, 1.807) is 6.33 Å². The lowest BCUT2D eigenvalue weighted by Crippen LogP contribution is -2.06. The molecule has 2 nitrogen and oxygen atoms in total. The number of hydrogen-bond donors (Lipinski definition) is 1. The van der Waals surface area contributed by atoms with E-state index in [0.29, 0.717) is 0 Å². The maximum Gasteiger partial charge on any atom is 0.132 e. The fourth-order valence-corrected chi connectivity index (χ4v) is 1.83. The summed E-state index contributed by atoms with van der Waals surface area (Å²) >= 11 is 5.11. The van der Waals surface area contributed by atoms with E-state index in [9.17, 15) is 0 Å². The Kier molecular flexibility index (Phi) is 1.74. The van der Waals surface area contributed by atoms with Crippen LogP contribution in [0.1, 0.15) is 24.1 Å². The van der Waals surface area contributed by atoms with E-state index in [-0.39, 0.29) is 0 Å². The summed E-state index contributed by atoms with van der Waals surface area (Å²) in [6.45, 7) is 0. The van der Waals surface area contributed by atoms with Gasteiger partial charge in [0.1, 0.15) is 4.64 Å². The van der Waals surface area contributed by atoms with Crippen LogP contribution in [0.25, 0.3) is 0 Å². The molecular formula is C8H10N2S. The Hall–Kier alpha value is -0.700. The van der Waals surface area contributed by atoms with Gasteiger partial charge in [0.05, 0.1) is 6.33 Å². The standard InChI is InChI=1S/C8H10N2S/c11-8-6-3-1-2-4-7(6)9-5-10-8/h5H,1-4H2,(H,9,10,11). The maximum absolute atomic E-state index is 5.11. The van der Waals surface area contributed by atoms with Gasteiger partial charge in [-0.05, 0) is 25.7 Å². The maximum atomic E-state index is 5.11. The van der Waals surface area contributed by atoms with Gasteiger partial charge in [-0.2, -0.15) is 0 Å². The van der Waals surface area contributed by atoms with Gasteiger partial charge in [-0.25, -0.2) is 4.98 Å². The summed E-state index contributed by atoms with van der Waals surface area (Å²) in [5.41, 5.74) is 2.57. The van der Waals surface area contributed by atoms with Crippen LogP contribution in [0, 0.1) is 4.64 Å². The van der Waals surface area contributed by atoms with Gasteiger partial charge in [-0.15, -0.1) is 0 Å². The van der Waals surface area contributed by atoms with Gasteiger partial charge in [-0.1, -0.05) is 12.2 Å². The molecule has 0 amide bonds. The first-order chi connectivity index (χ1) is 5.38. The minimum absolute atomic E-state index is 0.790. The molecule has 1 heterocycles. The van der Waals surface area contributed by atoms with Gasteiger partial charge >= 0.3 is 0 Å². The van der Waals surface area contributed by atoms with Crippen molar-refractivity contribution < 1.29 is 0 Å². The SMILES string of the molecule is S=c1nc[nH]c2c1CCCC2. The number of aromatic amines is 1. The highest BCUT2D eigenvalue weighted by atomic mass is 32.1. The van der Waals surface area contributed by atoms with Gasteiger partial charge in [-0.3, -0.25) is 0 Å². The summed E-state index contributed by atoms with van der Waals surface area (Å²) in [6.07, 6.45) is 6.49. The fourth-order valence-electron chi connectivity index (χ4n) is 1.55. The first-order valence-electron chi connectivity index (χ1n) is 3.93. The molecule has 0 radical (unpaired) electrons. The van der Waals surface area contributed by atoms with Crippen molar-refractivity contribution in [2.45, 2.75) is 25.7 Å². The van der Waals surface area contributed by atoms with Gasteiger partial charge in [0.25, 0.3) is 0 Å². The van der Waals surface area contributed by atoms with Crippen molar-refractivity contribution in [2.75, 3.05) is 0 Å². The molecule has 3 heteroatoms. The molecule has 0 unspecified atom stereocenters. The quantitative estimate of drug-likeness (QED) is 0.597. The highest BCUT2D eigenvalue weighted by Crippen LogP contribution is 2.18. The third-order valence-corrected chi connectivity index (χ3v) is 2.50. The van der Waals surface area contributed by atoms with Crippen molar-refractivity contribution in [1.82, 2.24) is 9.97 Å². The average Bonchev–Trinajstić information content (AvgIpc) is 2.06. The van der Waals surface area contributed by atoms with Crippen molar-refractivity contribution >= 4 is 12.2 Å². The summed E-state index contributed by atoms with van der Waals surface area (Å²) in [7, 11) is 0. The number of nitrogens with zero attached hydrogens (tertiary/aromatic N) is 1. The van der Waals surface area contributed by atoms with Gasteiger partial charge in [0.15, 0.2) is 0 Å². The Bertz CT molecular complexity index is 316. The molecule has 0 atom stereocenters. The fraction of sp³-hybridized carbons (Fsp3) is 0.500. The summed E-state index contributed by atoms with van der Waals surface area (Å²) in [5.74, 6) is 0. The van der Waals surface area contributed by atoms with Crippen LogP contribution >= 0.6 is 12.2 Å². The molecule has 0 saturated heterocycles. The summed E-state index contributed by atoms with van der Waals surface area (Å²) in [6, 6.07) is 0. The third kappa shape index (κ3) is 1.20. The molecule has 1 N–H and O–H groups in total. The number of aromatic nitrogens is 2. The first-order valence-corrected chi connectivity index (χ1v) is 4.34. The highest BCUT2D eigenvalue weighted by molar-refractivity contribution is 7.71. The van der Waals surface area contributed by atoms with E-state index >= 15 is 0 Å². The van der Waals surface area contributed by atoms with Crippen molar-refractivity contribution in [3.05, 3.63) is 22.2 Å². The zero-order chi connectivity index (χ0) is 7.68. The number of nitrogens with one attached hydrogen (secondary N) is 1.